The van der Waals surface area contributed by atoms with Crippen LogP contribution in [-0.4, -0.2) is 78.7 Å². The number of amides is 3. The minimum absolute atomic E-state index is 0.198. The van der Waals surface area contributed by atoms with E-state index in [1.807, 2.05) is 4.90 Å². The summed E-state index contributed by atoms with van der Waals surface area (Å²) in [6.07, 6.45) is -4.22. The van der Waals surface area contributed by atoms with Crippen molar-refractivity contribution in [1.82, 2.24) is 15.1 Å². The van der Waals surface area contributed by atoms with E-state index >= 15 is 0 Å². The van der Waals surface area contributed by atoms with Crippen LogP contribution in [0.1, 0.15) is 28.8 Å². The highest BCUT2D eigenvalue weighted by atomic mass is 19.4. The molecule has 1 unspecified atom stereocenters. The number of fused-ring (bicyclic) bond motifs is 1. The van der Waals surface area contributed by atoms with Gasteiger partial charge in [-0.15, -0.1) is 0 Å². The molecule has 0 bridgehead atoms. The van der Waals surface area contributed by atoms with Crippen molar-refractivity contribution in [3.63, 3.8) is 0 Å². The number of ether oxygens (including phenoxy) is 2. The number of halogens is 3. The van der Waals surface area contributed by atoms with Gasteiger partial charge in [0.25, 0.3) is 5.91 Å². The third-order valence-electron chi connectivity index (χ3n) is 5.58. The number of rotatable bonds is 7. The van der Waals surface area contributed by atoms with Gasteiger partial charge in [-0.1, -0.05) is 0 Å². The lowest BCUT2D eigenvalue weighted by molar-refractivity contribution is -0.199. The average molecular weight is 441 g/mol. The minimum Gasteiger partial charge on any atom is -0.492 e. The minimum atomic E-state index is -4.31. The first-order valence-corrected chi connectivity index (χ1v) is 10.0. The van der Waals surface area contributed by atoms with Gasteiger partial charge >= 0.3 is 6.18 Å². The fraction of sp³-hybridized carbons (Fsp3) is 0.550. The molecule has 4 rings (SSSR count). The second-order valence-electron chi connectivity index (χ2n) is 7.88. The Balaban J connectivity index is 1.24. The molecule has 3 aliphatic rings. The monoisotopic (exact) mass is 441 g/mol. The van der Waals surface area contributed by atoms with Gasteiger partial charge in [0.1, 0.15) is 25.0 Å². The van der Waals surface area contributed by atoms with Crippen LogP contribution in [-0.2, 0) is 20.9 Å². The van der Waals surface area contributed by atoms with E-state index in [9.17, 15) is 27.6 Å². The van der Waals surface area contributed by atoms with E-state index in [1.54, 1.807) is 18.2 Å². The third kappa shape index (κ3) is 4.99. The molecule has 3 heterocycles. The quantitative estimate of drug-likeness (QED) is 0.638. The van der Waals surface area contributed by atoms with Crippen LogP contribution in [0.25, 0.3) is 0 Å². The van der Waals surface area contributed by atoms with Crippen molar-refractivity contribution < 1.29 is 37.0 Å². The van der Waals surface area contributed by atoms with Crippen LogP contribution in [0, 0.1) is 0 Å². The van der Waals surface area contributed by atoms with Crippen LogP contribution in [0.4, 0.5) is 13.2 Å². The fourth-order valence-corrected chi connectivity index (χ4v) is 3.96. The number of carbonyl (C=O) groups excluding carboxylic acids is 3. The summed E-state index contributed by atoms with van der Waals surface area (Å²) in [5.41, 5.74) is 1.25. The van der Waals surface area contributed by atoms with Crippen LogP contribution in [0.5, 0.6) is 5.75 Å². The van der Waals surface area contributed by atoms with Crippen LogP contribution < -0.4 is 10.1 Å². The normalized spacial score (nSPS) is 22.4. The van der Waals surface area contributed by atoms with E-state index in [4.69, 9.17) is 9.47 Å². The number of alkyl halides is 3. The topological polar surface area (TPSA) is 88.2 Å². The number of likely N-dealkylation sites (tertiary alicyclic amines) is 1. The Bertz CT molecular complexity index is 885. The van der Waals surface area contributed by atoms with Gasteiger partial charge < -0.3 is 14.4 Å². The zero-order valence-corrected chi connectivity index (χ0v) is 16.6. The molecule has 0 aromatic heterocycles. The molecule has 1 aromatic rings. The molecular formula is C20H22F3N3O5. The lowest BCUT2D eigenvalue weighted by atomic mass is 10.0. The molecule has 2 saturated heterocycles. The first-order chi connectivity index (χ1) is 14.7. The van der Waals surface area contributed by atoms with Gasteiger partial charge in [0, 0.05) is 38.2 Å². The summed E-state index contributed by atoms with van der Waals surface area (Å²) >= 11 is 0. The molecule has 11 heteroatoms. The number of imide groups is 1. The highest BCUT2D eigenvalue weighted by Gasteiger charge is 2.39. The summed E-state index contributed by atoms with van der Waals surface area (Å²) in [5.74, 6) is -0.467. The summed E-state index contributed by atoms with van der Waals surface area (Å²) in [5, 5.41) is 2.27. The van der Waals surface area contributed by atoms with Crippen molar-refractivity contribution in [3.05, 3.63) is 29.3 Å². The van der Waals surface area contributed by atoms with Gasteiger partial charge in [-0.25, -0.2) is 0 Å². The zero-order chi connectivity index (χ0) is 22.2. The Morgan fingerprint density at radius 1 is 1.16 bits per heavy atom. The number of hydrogen-bond donors (Lipinski definition) is 1. The summed E-state index contributed by atoms with van der Waals surface area (Å²) in [4.78, 5) is 39.5. The molecule has 1 atom stereocenters. The maximum atomic E-state index is 12.7. The van der Waals surface area contributed by atoms with Gasteiger partial charge in [0.05, 0.1) is 6.10 Å². The molecule has 3 aliphatic heterocycles. The van der Waals surface area contributed by atoms with E-state index in [2.05, 4.69) is 5.32 Å². The lowest BCUT2D eigenvalue weighted by Crippen LogP contribution is -2.53. The number of carbonyl (C=O) groups is 3. The molecule has 1 N–H and O–H groups in total. The summed E-state index contributed by atoms with van der Waals surface area (Å²) in [6, 6.07) is 4.42. The van der Waals surface area contributed by atoms with Crippen molar-refractivity contribution in [2.45, 2.75) is 37.7 Å². The SMILES string of the molecule is O=C1CCC(N2Cc3cc(OCCN4CC(OCC(F)(F)F)C4)ccc3C2=O)C(=O)N1. The Morgan fingerprint density at radius 3 is 2.65 bits per heavy atom. The van der Waals surface area contributed by atoms with Gasteiger partial charge in [0.15, 0.2) is 0 Å². The molecule has 31 heavy (non-hydrogen) atoms. The maximum absolute atomic E-state index is 12.7. The van der Waals surface area contributed by atoms with E-state index in [0.29, 0.717) is 44.0 Å². The molecule has 3 amide bonds. The van der Waals surface area contributed by atoms with Gasteiger partial charge in [0.2, 0.25) is 11.8 Å². The van der Waals surface area contributed by atoms with Crippen LogP contribution >= 0.6 is 0 Å². The standard InChI is InChI=1S/C20H22F3N3O5/c21-20(22,23)11-31-14-9-25(10-14)5-6-30-13-1-2-15-12(7-13)8-26(19(15)29)16-3-4-17(27)24-18(16)28/h1-2,7,14,16H,3-6,8-11H2,(H,24,27,28). The molecule has 1 aromatic carbocycles. The molecule has 8 nitrogen and oxygen atoms in total. The van der Waals surface area contributed by atoms with Crippen molar-refractivity contribution in [2.75, 3.05) is 32.8 Å². The first-order valence-electron chi connectivity index (χ1n) is 10.0. The maximum Gasteiger partial charge on any atom is 0.411 e. The summed E-state index contributed by atoms with van der Waals surface area (Å²) in [7, 11) is 0. The molecule has 0 spiro atoms. The third-order valence-corrected chi connectivity index (χ3v) is 5.58. The van der Waals surface area contributed by atoms with Crippen LogP contribution in [0.15, 0.2) is 18.2 Å². The Kier molecular flexibility index (Phi) is 5.89. The zero-order valence-electron chi connectivity index (χ0n) is 16.6. The van der Waals surface area contributed by atoms with Gasteiger partial charge in [-0.2, -0.15) is 13.2 Å². The Morgan fingerprint density at radius 2 is 1.94 bits per heavy atom. The van der Waals surface area contributed by atoms with Crippen LogP contribution in [0.3, 0.4) is 0 Å². The predicted molar refractivity (Wildman–Crippen MR) is 100 cm³/mol. The summed E-state index contributed by atoms with van der Waals surface area (Å²) in [6.45, 7) is 0.783. The summed E-state index contributed by atoms with van der Waals surface area (Å²) < 4.78 is 46.9. The van der Waals surface area contributed by atoms with E-state index in [-0.39, 0.29) is 24.8 Å². The average Bonchev–Trinajstić information content (AvgIpc) is 2.98. The van der Waals surface area contributed by atoms with Gasteiger partial charge in [-0.3, -0.25) is 24.6 Å². The van der Waals surface area contributed by atoms with Crippen molar-refractivity contribution in [2.24, 2.45) is 0 Å². The highest BCUT2D eigenvalue weighted by Crippen LogP contribution is 2.30. The van der Waals surface area contributed by atoms with Crippen molar-refractivity contribution >= 4 is 17.7 Å². The Labute approximate surface area is 176 Å². The van der Waals surface area contributed by atoms with E-state index in [0.717, 1.165) is 5.56 Å². The Hall–Kier alpha value is -2.66. The van der Waals surface area contributed by atoms with Crippen molar-refractivity contribution in [1.29, 1.82) is 0 Å². The molecular weight excluding hydrogens is 419 g/mol. The van der Waals surface area contributed by atoms with Crippen molar-refractivity contribution in [3.8, 4) is 5.75 Å². The van der Waals surface area contributed by atoms with E-state index in [1.165, 1.54) is 4.90 Å². The first kappa shape index (κ1) is 21.6. The molecule has 0 saturated carbocycles. The number of hydrogen-bond acceptors (Lipinski definition) is 6. The molecule has 0 radical (unpaired) electrons. The largest absolute Gasteiger partial charge is 0.492 e. The second kappa shape index (κ2) is 8.46. The van der Waals surface area contributed by atoms with E-state index < -0.39 is 30.8 Å². The number of nitrogens with one attached hydrogen (secondary N) is 1. The van der Waals surface area contributed by atoms with Crippen LogP contribution in [0.2, 0.25) is 0 Å². The number of piperidine rings is 1. The predicted octanol–water partition coefficient (Wildman–Crippen LogP) is 1.09. The highest BCUT2D eigenvalue weighted by molar-refractivity contribution is 6.05. The smallest absolute Gasteiger partial charge is 0.411 e. The second-order valence-corrected chi connectivity index (χ2v) is 7.88. The van der Waals surface area contributed by atoms with Gasteiger partial charge in [-0.05, 0) is 30.2 Å². The fourth-order valence-electron chi connectivity index (χ4n) is 3.96. The lowest BCUT2D eigenvalue weighted by Gasteiger charge is -2.38. The number of nitrogens with zero attached hydrogens (tertiary/aromatic N) is 2. The molecule has 0 aliphatic carbocycles. The molecule has 168 valence electrons. The molecule has 2 fully saturated rings. The number of benzene rings is 1.